The first-order valence-corrected chi connectivity index (χ1v) is 11.5. The summed E-state index contributed by atoms with van der Waals surface area (Å²) < 4.78 is 0. The second-order valence-electron chi connectivity index (χ2n) is 7.87. The SMILES string of the molecule is CCCCCCCCCCCCCCCCCCC(CCC)NC. The maximum absolute atomic E-state index is 3.46. The molecule has 0 aliphatic rings. The lowest BCUT2D eigenvalue weighted by Crippen LogP contribution is -2.24. The first kappa shape index (κ1) is 24.0. The van der Waals surface area contributed by atoms with E-state index in [0.29, 0.717) is 0 Å². The molecule has 0 heterocycles. The molecule has 0 aromatic rings. The van der Waals surface area contributed by atoms with Crippen LogP contribution < -0.4 is 5.32 Å². The van der Waals surface area contributed by atoms with Crippen LogP contribution in [0.25, 0.3) is 0 Å². The van der Waals surface area contributed by atoms with Gasteiger partial charge in [-0.2, -0.15) is 0 Å². The van der Waals surface area contributed by atoms with E-state index in [1.807, 2.05) is 0 Å². The first-order valence-electron chi connectivity index (χ1n) is 11.5. The zero-order valence-electron chi connectivity index (χ0n) is 17.5. The van der Waals surface area contributed by atoms with Gasteiger partial charge in [0.25, 0.3) is 0 Å². The Labute approximate surface area is 154 Å². The van der Waals surface area contributed by atoms with E-state index in [4.69, 9.17) is 0 Å². The van der Waals surface area contributed by atoms with Crippen LogP contribution in [0.1, 0.15) is 136 Å². The van der Waals surface area contributed by atoms with Gasteiger partial charge in [0.2, 0.25) is 0 Å². The van der Waals surface area contributed by atoms with E-state index in [-0.39, 0.29) is 0 Å². The van der Waals surface area contributed by atoms with Gasteiger partial charge in [-0.25, -0.2) is 0 Å². The molecule has 0 spiro atoms. The molecule has 0 saturated carbocycles. The molecule has 0 fully saturated rings. The lowest BCUT2D eigenvalue weighted by molar-refractivity contribution is 0.452. The molecule has 0 aromatic carbocycles. The lowest BCUT2D eigenvalue weighted by atomic mass is 10.0. The van der Waals surface area contributed by atoms with Crippen molar-refractivity contribution in [1.82, 2.24) is 5.32 Å². The van der Waals surface area contributed by atoms with E-state index in [0.717, 1.165) is 6.04 Å². The van der Waals surface area contributed by atoms with E-state index >= 15 is 0 Å². The quantitative estimate of drug-likeness (QED) is 0.221. The Hall–Kier alpha value is -0.0400. The summed E-state index contributed by atoms with van der Waals surface area (Å²) in [4.78, 5) is 0. The van der Waals surface area contributed by atoms with Crippen LogP contribution in [0.2, 0.25) is 0 Å². The Bertz CT molecular complexity index is 214. The predicted molar refractivity (Wildman–Crippen MR) is 112 cm³/mol. The van der Waals surface area contributed by atoms with E-state index in [1.54, 1.807) is 0 Å². The van der Waals surface area contributed by atoms with Crippen molar-refractivity contribution >= 4 is 0 Å². The Balaban J connectivity index is 3.07. The normalized spacial score (nSPS) is 12.6. The highest BCUT2D eigenvalue weighted by Crippen LogP contribution is 2.14. The van der Waals surface area contributed by atoms with Crippen LogP contribution in [0.5, 0.6) is 0 Å². The number of nitrogens with one attached hydrogen (secondary N) is 1. The maximum atomic E-state index is 3.46. The summed E-state index contributed by atoms with van der Waals surface area (Å²) in [5, 5.41) is 3.46. The monoisotopic (exact) mass is 339 g/mol. The van der Waals surface area contributed by atoms with Crippen molar-refractivity contribution in [3.63, 3.8) is 0 Å². The van der Waals surface area contributed by atoms with Gasteiger partial charge in [0.1, 0.15) is 0 Å². The van der Waals surface area contributed by atoms with Crippen LogP contribution in [0, 0.1) is 0 Å². The number of unbranched alkanes of at least 4 members (excludes halogenated alkanes) is 15. The van der Waals surface area contributed by atoms with Crippen molar-refractivity contribution in [2.45, 2.75) is 142 Å². The number of hydrogen-bond acceptors (Lipinski definition) is 1. The lowest BCUT2D eigenvalue weighted by Gasteiger charge is -2.14. The summed E-state index contributed by atoms with van der Waals surface area (Å²) in [6, 6.07) is 0.765. The standard InChI is InChI=1S/C23H49N/c1-4-6-7-8-9-10-11-12-13-14-15-16-17-18-19-20-22-23(24-3)21-5-2/h23-24H,4-22H2,1-3H3. The fourth-order valence-corrected chi connectivity index (χ4v) is 3.72. The van der Waals surface area contributed by atoms with Gasteiger partial charge >= 0.3 is 0 Å². The summed E-state index contributed by atoms with van der Waals surface area (Å²) in [6.07, 6.45) is 27.4. The molecule has 0 aliphatic heterocycles. The molecule has 0 bridgehead atoms. The average molecular weight is 340 g/mol. The highest BCUT2D eigenvalue weighted by Gasteiger charge is 2.03. The van der Waals surface area contributed by atoms with Gasteiger partial charge in [-0.15, -0.1) is 0 Å². The summed E-state index contributed by atoms with van der Waals surface area (Å²) >= 11 is 0. The Kier molecular flexibility index (Phi) is 21.0. The molecule has 1 unspecified atom stereocenters. The molecule has 0 aliphatic carbocycles. The molecule has 1 atom stereocenters. The van der Waals surface area contributed by atoms with Gasteiger partial charge in [0.15, 0.2) is 0 Å². The van der Waals surface area contributed by atoms with E-state index in [1.165, 1.54) is 122 Å². The second-order valence-corrected chi connectivity index (χ2v) is 7.87. The van der Waals surface area contributed by atoms with Crippen molar-refractivity contribution in [3.05, 3.63) is 0 Å². The van der Waals surface area contributed by atoms with Crippen LogP contribution >= 0.6 is 0 Å². The van der Waals surface area contributed by atoms with Crippen LogP contribution in [0.4, 0.5) is 0 Å². The average Bonchev–Trinajstić information content (AvgIpc) is 2.60. The largest absolute Gasteiger partial charge is 0.317 e. The third-order valence-corrected chi connectivity index (χ3v) is 5.45. The maximum Gasteiger partial charge on any atom is 0.00639 e. The summed E-state index contributed by atoms with van der Waals surface area (Å²) in [6.45, 7) is 4.59. The molecule has 0 saturated heterocycles. The smallest absolute Gasteiger partial charge is 0.00639 e. The molecule has 0 aromatic heterocycles. The zero-order valence-corrected chi connectivity index (χ0v) is 17.5. The van der Waals surface area contributed by atoms with Crippen molar-refractivity contribution in [2.24, 2.45) is 0 Å². The molecular weight excluding hydrogens is 290 g/mol. The topological polar surface area (TPSA) is 12.0 Å². The Morgan fingerprint density at radius 3 is 1.17 bits per heavy atom. The first-order chi connectivity index (χ1) is 11.8. The Morgan fingerprint density at radius 1 is 0.458 bits per heavy atom. The van der Waals surface area contributed by atoms with Crippen molar-refractivity contribution in [1.29, 1.82) is 0 Å². The van der Waals surface area contributed by atoms with Crippen LogP contribution in [0.15, 0.2) is 0 Å². The highest BCUT2D eigenvalue weighted by atomic mass is 14.9. The minimum absolute atomic E-state index is 0.765. The molecule has 1 nitrogen and oxygen atoms in total. The van der Waals surface area contributed by atoms with Gasteiger partial charge in [-0.3, -0.25) is 0 Å². The van der Waals surface area contributed by atoms with Crippen molar-refractivity contribution in [2.75, 3.05) is 7.05 Å². The third-order valence-electron chi connectivity index (χ3n) is 5.45. The van der Waals surface area contributed by atoms with Crippen molar-refractivity contribution in [3.8, 4) is 0 Å². The van der Waals surface area contributed by atoms with Gasteiger partial charge in [-0.05, 0) is 19.9 Å². The van der Waals surface area contributed by atoms with E-state index in [2.05, 4.69) is 26.2 Å². The molecule has 0 radical (unpaired) electrons. The minimum atomic E-state index is 0.765. The van der Waals surface area contributed by atoms with Crippen LogP contribution in [-0.4, -0.2) is 13.1 Å². The molecule has 24 heavy (non-hydrogen) atoms. The van der Waals surface area contributed by atoms with E-state index in [9.17, 15) is 0 Å². The minimum Gasteiger partial charge on any atom is -0.317 e. The van der Waals surface area contributed by atoms with Gasteiger partial charge < -0.3 is 5.32 Å². The van der Waals surface area contributed by atoms with E-state index < -0.39 is 0 Å². The zero-order chi connectivity index (χ0) is 17.7. The van der Waals surface area contributed by atoms with Gasteiger partial charge in [0.05, 0.1) is 0 Å². The number of rotatable bonds is 20. The second kappa shape index (κ2) is 21.0. The van der Waals surface area contributed by atoms with Gasteiger partial charge in [-0.1, -0.05) is 123 Å². The molecule has 0 rings (SSSR count). The van der Waals surface area contributed by atoms with Gasteiger partial charge in [0, 0.05) is 6.04 Å². The molecule has 1 heteroatoms. The molecule has 146 valence electrons. The number of hydrogen-bond donors (Lipinski definition) is 1. The fourth-order valence-electron chi connectivity index (χ4n) is 3.72. The van der Waals surface area contributed by atoms with Crippen LogP contribution in [-0.2, 0) is 0 Å². The van der Waals surface area contributed by atoms with Crippen LogP contribution in [0.3, 0.4) is 0 Å². The molecule has 0 amide bonds. The molecular formula is C23H49N. The molecule has 1 N–H and O–H groups in total. The summed E-state index contributed by atoms with van der Waals surface area (Å²) in [7, 11) is 2.12. The summed E-state index contributed by atoms with van der Waals surface area (Å²) in [5.74, 6) is 0. The highest BCUT2D eigenvalue weighted by molar-refractivity contribution is 4.63. The Morgan fingerprint density at radius 2 is 0.833 bits per heavy atom. The fraction of sp³-hybridized carbons (Fsp3) is 1.00. The van der Waals surface area contributed by atoms with Crippen molar-refractivity contribution < 1.29 is 0 Å². The third kappa shape index (κ3) is 18.3. The summed E-state index contributed by atoms with van der Waals surface area (Å²) in [5.41, 5.74) is 0. The predicted octanol–water partition coefficient (Wildman–Crippen LogP) is 8.03.